The number of carboxylic acid groups (broad SMARTS) is 1. The third kappa shape index (κ3) is 3.12. The van der Waals surface area contributed by atoms with E-state index in [1.54, 1.807) is 0 Å². The van der Waals surface area contributed by atoms with Crippen LogP contribution in [0.3, 0.4) is 0 Å². The summed E-state index contributed by atoms with van der Waals surface area (Å²) in [6.07, 6.45) is 2.90. The van der Waals surface area contributed by atoms with Gasteiger partial charge in [0.15, 0.2) is 5.54 Å². The number of aryl methyl sites for hydroxylation is 1. The Balaban J connectivity index is 2.05. The maximum absolute atomic E-state index is 11.7. The number of ether oxygens (including phenoxy) is 1. The van der Waals surface area contributed by atoms with Gasteiger partial charge in [-0.1, -0.05) is 26.0 Å². The molecule has 20 heavy (non-hydrogen) atoms. The van der Waals surface area contributed by atoms with Crippen LogP contribution in [0.15, 0.2) is 24.3 Å². The number of rotatable bonds is 8. The molecule has 110 valence electrons. The van der Waals surface area contributed by atoms with Crippen LogP contribution in [0.5, 0.6) is 5.75 Å². The van der Waals surface area contributed by atoms with E-state index in [2.05, 4.69) is 12.2 Å². The van der Waals surface area contributed by atoms with E-state index in [1.165, 1.54) is 5.56 Å². The van der Waals surface area contributed by atoms with Crippen LogP contribution < -0.4 is 10.1 Å². The molecular weight excluding hydrogens is 254 g/mol. The fourth-order valence-corrected chi connectivity index (χ4v) is 2.54. The highest BCUT2D eigenvalue weighted by molar-refractivity contribution is 5.80. The van der Waals surface area contributed by atoms with E-state index >= 15 is 0 Å². The van der Waals surface area contributed by atoms with Crippen molar-refractivity contribution in [3.05, 3.63) is 29.8 Å². The first kappa shape index (κ1) is 14.9. The second-order valence-electron chi connectivity index (χ2n) is 5.37. The number of aliphatic carboxylic acids is 1. The summed E-state index contributed by atoms with van der Waals surface area (Å²) in [5, 5.41) is 12.7. The number of hydrogen-bond donors (Lipinski definition) is 2. The lowest BCUT2D eigenvalue weighted by atomic mass is 9.94. The van der Waals surface area contributed by atoms with Crippen molar-refractivity contribution in [1.29, 1.82) is 0 Å². The fraction of sp³-hybridized carbons (Fsp3) is 0.562. The van der Waals surface area contributed by atoms with Crippen molar-refractivity contribution in [3.63, 3.8) is 0 Å². The zero-order chi connectivity index (χ0) is 14.6. The van der Waals surface area contributed by atoms with E-state index in [1.807, 2.05) is 31.2 Å². The van der Waals surface area contributed by atoms with Gasteiger partial charge in [-0.2, -0.15) is 0 Å². The lowest BCUT2D eigenvalue weighted by Crippen LogP contribution is -2.58. The molecule has 0 radical (unpaired) electrons. The molecule has 4 nitrogen and oxygen atoms in total. The average molecular weight is 277 g/mol. The number of benzene rings is 1. The van der Waals surface area contributed by atoms with Crippen LogP contribution in [0.25, 0.3) is 0 Å². The number of carbonyl (C=O) groups is 1. The quantitative estimate of drug-likeness (QED) is 0.766. The molecule has 0 heterocycles. The Labute approximate surface area is 120 Å². The van der Waals surface area contributed by atoms with Gasteiger partial charge < -0.3 is 9.84 Å². The van der Waals surface area contributed by atoms with E-state index in [0.717, 1.165) is 25.0 Å². The lowest BCUT2D eigenvalue weighted by Gasteiger charge is -2.30. The number of nitrogens with one attached hydrogen (secondary N) is 1. The molecule has 1 saturated carbocycles. The average Bonchev–Trinajstić information content (AvgIpc) is 3.28. The number of hydrogen-bond acceptors (Lipinski definition) is 3. The largest absolute Gasteiger partial charge is 0.491 e. The number of carboxylic acids is 1. The summed E-state index contributed by atoms with van der Waals surface area (Å²) in [7, 11) is 0. The molecule has 1 aliphatic rings. The zero-order valence-corrected chi connectivity index (χ0v) is 12.2. The smallest absolute Gasteiger partial charge is 0.327 e. The highest BCUT2D eigenvalue weighted by Gasteiger charge is 2.51. The van der Waals surface area contributed by atoms with E-state index in [0.29, 0.717) is 6.54 Å². The highest BCUT2D eigenvalue weighted by atomic mass is 16.5. The van der Waals surface area contributed by atoms with Gasteiger partial charge in [0, 0.05) is 0 Å². The molecule has 0 spiro atoms. The first-order valence-corrected chi connectivity index (χ1v) is 7.32. The molecule has 4 heteroatoms. The van der Waals surface area contributed by atoms with Gasteiger partial charge in [-0.15, -0.1) is 0 Å². The minimum atomic E-state index is -0.946. The molecule has 2 rings (SSSR count). The van der Waals surface area contributed by atoms with E-state index in [-0.39, 0.29) is 12.5 Å². The van der Waals surface area contributed by atoms with Gasteiger partial charge >= 0.3 is 5.97 Å². The molecule has 0 saturated heterocycles. The summed E-state index contributed by atoms with van der Waals surface area (Å²) in [5.74, 6) is 0.0910. The van der Waals surface area contributed by atoms with Crippen molar-refractivity contribution >= 4 is 5.97 Å². The minimum Gasteiger partial charge on any atom is -0.491 e. The molecule has 2 N–H and O–H groups in total. The molecule has 1 unspecified atom stereocenters. The standard InChI is InChI=1S/C16H23NO3/c1-3-12-5-9-14(10-6-12)20-11-16(15(18)19,17-4-2)13-7-8-13/h5-6,9-10,13,17H,3-4,7-8,11H2,1-2H3,(H,18,19). The van der Waals surface area contributed by atoms with Crippen LogP contribution >= 0.6 is 0 Å². The molecular formula is C16H23NO3. The van der Waals surface area contributed by atoms with Crippen molar-refractivity contribution in [3.8, 4) is 5.75 Å². The van der Waals surface area contributed by atoms with Gasteiger partial charge in [-0.05, 0) is 49.4 Å². The summed E-state index contributed by atoms with van der Waals surface area (Å²) in [6, 6.07) is 7.85. The Hall–Kier alpha value is -1.55. The Kier molecular flexibility index (Phi) is 4.65. The van der Waals surface area contributed by atoms with Gasteiger partial charge in [-0.25, -0.2) is 0 Å². The summed E-state index contributed by atoms with van der Waals surface area (Å²) < 4.78 is 5.74. The van der Waals surface area contributed by atoms with Crippen LogP contribution in [-0.4, -0.2) is 29.8 Å². The predicted molar refractivity (Wildman–Crippen MR) is 78.1 cm³/mol. The first-order chi connectivity index (χ1) is 9.62. The van der Waals surface area contributed by atoms with Crippen molar-refractivity contribution in [2.45, 2.75) is 38.6 Å². The Morgan fingerprint density at radius 2 is 2.00 bits per heavy atom. The Bertz CT molecular complexity index is 453. The van der Waals surface area contributed by atoms with Crippen molar-refractivity contribution in [2.75, 3.05) is 13.2 Å². The fourth-order valence-electron chi connectivity index (χ4n) is 2.54. The zero-order valence-electron chi connectivity index (χ0n) is 12.2. The van der Waals surface area contributed by atoms with E-state index in [9.17, 15) is 9.90 Å². The monoisotopic (exact) mass is 277 g/mol. The summed E-state index contributed by atoms with van der Waals surface area (Å²) in [5.41, 5.74) is 0.300. The van der Waals surface area contributed by atoms with E-state index < -0.39 is 11.5 Å². The first-order valence-electron chi connectivity index (χ1n) is 7.32. The molecule has 0 aromatic heterocycles. The van der Waals surface area contributed by atoms with Crippen LogP contribution in [0, 0.1) is 5.92 Å². The van der Waals surface area contributed by atoms with Crippen molar-refractivity contribution in [1.82, 2.24) is 5.32 Å². The van der Waals surface area contributed by atoms with Crippen LogP contribution in [0.4, 0.5) is 0 Å². The molecule has 1 fully saturated rings. The van der Waals surface area contributed by atoms with Crippen LogP contribution in [0.1, 0.15) is 32.3 Å². The van der Waals surface area contributed by atoms with Crippen LogP contribution in [0.2, 0.25) is 0 Å². The molecule has 0 aliphatic heterocycles. The second kappa shape index (κ2) is 6.27. The van der Waals surface area contributed by atoms with E-state index in [4.69, 9.17) is 4.74 Å². The van der Waals surface area contributed by atoms with Crippen molar-refractivity contribution in [2.24, 2.45) is 5.92 Å². The van der Waals surface area contributed by atoms with Crippen molar-refractivity contribution < 1.29 is 14.6 Å². The maximum atomic E-state index is 11.7. The topological polar surface area (TPSA) is 58.6 Å². The van der Waals surface area contributed by atoms with Gasteiger partial charge in [0.2, 0.25) is 0 Å². The maximum Gasteiger partial charge on any atom is 0.327 e. The third-order valence-electron chi connectivity index (χ3n) is 3.95. The molecule has 1 aliphatic carbocycles. The van der Waals surface area contributed by atoms with Crippen LogP contribution in [-0.2, 0) is 11.2 Å². The Morgan fingerprint density at radius 3 is 2.45 bits per heavy atom. The molecule has 1 aromatic carbocycles. The minimum absolute atomic E-state index is 0.173. The second-order valence-corrected chi connectivity index (χ2v) is 5.37. The van der Waals surface area contributed by atoms with Gasteiger partial charge in [0.05, 0.1) is 0 Å². The third-order valence-corrected chi connectivity index (χ3v) is 3.95. The SMILES string of the molecule is CCNC(COc1ccc(CC)cc1)(C(=O)O)C1CC1. The molecule has 1 aromatic rings. The summed E-state index contributed by atoms with van der Waals surface area (Å²) in [4.78, 5) is 11.7. The molecule has 0 bridgehead atoms. The molecule has 0 amide bonds. The molecule has 1 atom stereocenters. The van der Waals surface area contributed by atoms with Gasteiger partial charge in [0.1, 0.15) is 12.4 Å². The number of likely N-dealkylation sites (N-methyl/N-ethyl adjacent to an activating group) is 1. The van der Waals surface area contributed by atoms with Gasteiger partial charge in [-0.3, -0.25) is 10.1 Å². The predicted octanol–water partition coefficient (Wildman–Crippen LogP) is 2.47. The highest BCUT2D eigenvalue weighted by Crippen LogP contribution is 2.40. The summed E-state index contributed by atoms with van der Waals surface area (Å²) >= 11 is 0. The normalized spacial score (nSPS) is 17.5. The van der Waals surface area contributed by atoms with Gasteiger partial charge in [0.25, 0.3) is 0 Å². The lowest BCUT2D eigenvalue weighted by molar-refractivity contribution is -0.147. The summed E-state index contributed by atoms with van der Waals surface area (Å²) in [6.45, 7) is 4.83. The Morgan fingerprint density at radius 1 is 1.35 bits per heavy atom.